The molecule has 0 spiro atoms. The van der Waals surface area contributed by atoms with Gasteiger partial charge in [0.05, 0.1) is 11.1 Å². The Morgan fingerprint density at radius 3 is 2.50 bits per heavy atom. The van der Waals surface area contributed by atoms with Gasteiger partial charge < -0.3 is 0 Å². The number of benzene rings is 2. The number of aromatic nitrogens is 1. The van der Waals surface area contributed by atoms with Crippen LogP contribution in [0.15, 0.2) is 59.4 Å². The number of hydrogen-bond donors (Lipinski definition) is 0. The third-order valence-corrected chi connectivity index (χ3v) is 3.89. The van der Waals surface area contributed by atoms with Crippen molar-refractivity contribution in [1.82, 2.24) is 0 Å². The molecule has 0 unspecified atom stereocenters. The zero-order valence-electron chi connectivity index (χ0n) is 9.72. The Kier molecular flexibility index (Phi) is 2.90. The first-order chi connectivity index (χ1) is 8.83. The molecule has 2 nitrogen and oxygen atoms in total. The summed E-state index contributed by atoms with van der Waals surface area (Å²) in [5, 5.41) is 1.75. The van der Waals surface area contributed by atoms with Gasteiger partial charge in [0, 0.05) is 0 Å². The zero-order chi connectivity index (χ0) is 12.4. The van der Waals surface area contributed by atoms with Crippen LogP contribution in [0.25, 0.3) is 10.1 Å². The van der Waals surface area contributed by atoms with Gasteiger partial charge in [-0.1, -0.05) is 53.8 Å². The molecule has 0 saturated carbocycles. The maximum absolute atomic E-state index is 11.9. The summed E-state index contributed by atoms with van der Waals surface area (Å²) < 4.78 is 1.03. The lowest BCUT2D eigenvalue weighted by molar-refractivity contribution is -0.400. The zero-order valence-corrected chi connectivity index (χ0v) is 10.5. The molecule has 0 atom stereocenters. The predicted molar refractivity (Wildman–Crippen MR) is 73.9 cm³/mol. The summed E-state index contributed by atoms with van der Waals surface area (Å²) in [6.45, 7) is 0. The minimum Gasteiger partial charge on any atom is -0.214 e. The van der Waals surface area contributed by atoms with E-state index in [0.29, 0.717) is 0 Å². The van der Waals surface area contributed by atoms with Crippen LogP contribution in [0.5, 0.6) is 0 Å². The van der Waals surface area contributed by atoms with Crippen molar-refractivity contribution in [1.29, 1.82) is 0 Å². The average molecular weight is 254 g/mol. The second kappa shape index (κ2) is 4.70. The summed E-state index contributed by atoms with van der Waals surface area (Å²) >= 11 is 1.64. The number of hydrogen-bond acceptors (Lipinski definition) is 2. The van der Waals surface area contributed by atoms with Gasteiger partial charge >= 0.3 is 5.56 Å². The Bertz CT molecular complexity index is 734. The van der Waals surface area contributed by atoms with E-state index in [1.54, 1.807) is 11.3 Å². The Morgan fingerprint density at radius 2 is 1.67 bits per heavy atom. The van der Waals surface area contributed by atoms with Crippen molar-refractivity contribution in [3.63, 3.8) is 0 Å². The van der Waals surface area contributed by atoms with Crippen molar-refractivity contribution in [2.75, 3.05) is 0 Å². The van der Waals surface area contributed by atoms with Gasteiger partial charge in [0.15, 0.2) is 0 Å². The Hall–Kier alpha value is -2.00. The molecule has 0 bridgehead atoms. The van der Waals surface area contributed by atoms with Gasteiger partial charge in [0.1, 0.15) is 5.39 Å². The maximum atomic E-state index is 11.9. The molecule has 3 aromatic rings. The smallest absolute Gasteiger partial charge is 0.214 e. The van der Waals surface area contributed by atoms with Crippen LogP contribution in [0, 0.1) is 0 Å². The van der Waals surface area contributed by atoms with Crippen molar-refractivity contribution >= 4 is 21.4 Å². The first-order valence-corrected chi connectivity index (χ1v) is 6.62. The molecule has 0 aliphatic rings. The molecule has 0 fully saturated rings. The fraction of sp³-hybridized carbons (Fsp3) is 0.0667. The van der Waals surface area contributed by atoms with Gasteiger partial charge in [0.25, 0.3) is 0 Å². The molecular formula is C15H12NOS+. The van der Waals surface area contributed by atoms with E-state index >= 15 is 0 Å². The molecule has 0 aliphatic heterocycles. The van der Waals surface area contributed by atoms with Gasteiger partial charge in [-0.3, -0.25) is 0 Å². The van der Waals surface area contributed by atoms with E-state index < -0.39 is 0 Å². The summed E-state index contributed by atoms with van der Waals surface area (Å²) in [6, 6.07) is 17.9. The summed E-state index contributed by atoms with van der Waals surface area (Å²) in [5.74, 6) is 0. The van der Waals surface area contributed by atoms with Crippen molar-refractivity contribution in [3.8, 4) is 0 Å². The third-order valence-electron chi connectivity index (χ3n) is 2.83. The van der Waals surface area contributed by atoms with Gasteiger partial charge in [-0.05, 0) is 17.7 Å². The fourth-order valence-electron chi connectivity index (χ4n) is 1.96. The molecule has 88 valence electrons. The molecule has 2 aromatic carbocycles. The number of rotatable bonds is 2. The summed E-state index contributed by atoms with van der Waals surface area (Å²) in [5.41, 5.74) is 1.20. The maximum Gasteiger partial charge on any atom is 0.420 e. The minimum absolute atomic E-state index is 0.00437. The second-order valence-corrected chi connectivity index (χ2v) is 5.27. The molecule has 0 radical (unpaired) electrons. The lowest BCUT2D eigenvalue weighted by atomic mass is 10.2. The fourth-order valence-corrected chi connectivity index (χ4v) is 3.02. The molecule has 0 amide bonds. The van der Waals surface area contributed by atoms with Gasteiger partial charge in [-0.2, -0.15) is 4.98 Å². The largest absolute Gasteiger partial charge is 0.420 e. The van der Waals surface area contributed by atoms with Crippen LogP contribution in [-0.4, -0.2) is 0 Å². The van der Waals surface area contributed by atoms with Crippen LogP contribution < -0.4 is 10.5 Å². The highest BCUT2D eigenvalue weighted by atomic mass is 32.1. The average Bonchev–Trinajstić information content (AvgIpc) is 2.40. The normalized spacial score (nSPS) is 10.7. The van der Waals surface area contributed by atoms with Crippen molar-refractivity contribution < 1.29 is 4.98 Å². The predicted octanol–water partition coefficient (Wildman–Crippen LogP) is 2.67. The van der Waals surface area contributed by atoms with Crippen LogP contribution in [0.3, 0.4) is 0 Å². The van der Waals surface area contributed by atoms with Crippen LogP contribution >= 0.6 is 11.3 Å². The number of aromatic amines is 1. The van der Waals surface area contributed by atoms with E-state index in [-0.39, 0.29) is 5.56 Å². The van der Waals surface area contributed by atoms with Crippen LogP contribution in [0.2, 0.25) is 0 Å². The summed E-state index contributed by atoms with van der Waals surface area (Å²) in [6.07, 6.45) is 0.769. The first-order valence-electron chi connectivity index (χ1n) is 5.81. The minimum atomic E-state index is -0.00437. The lowest BCUT2D eigenvalue weighted by Crippen LogP contribution is -2.29. The summed E-state index contributed by atoms with van der Waals surface area (Å²) in [4.78, 5) is 14.9. The number of nitrogens with one attached hydrogen (secondary N) is 1. The highest BCUT2D eigenvalue weighted by molar-refractivity contribution is 7.17. The van der Waals surface area contributed by atoms with Gasteiger partial charge in [-0.25, -0.2) is 4.79 Å². The highest BCUT2D eigenvalue weighted by Crippen LogP contribution is 2.17. The van der Waals surface area contributed by atoms with E-state index in [1.807, 2.05) is 42.5 Å². The van der Waals surface area contributed by atoms with E-state index in [2.05, 4.69) is 17.1 Å². The second-order valence-electron chi connectivity index (χ2n) is 4.14. The van der Waals surface area contributed by atoms with E-state index in [0.717, 1.165) is 21.5 Å². The van der Waals surface area contributed by atoms with Gasteiger partial charge in [0.2, 0.25) is 5.01 Å². The third kappa shape index (κ3) is 2.17. The molecule has 1 heterocycles. The molecule has 18 heavy (non-hydrogen) atoms. The molecule has 3 rings (SSSR count). The monoisotopic (exact) mass is 254 g/mol. The van der Waals surface area contributed by atoms with Crippen molar-refractivity contribution in [2.45, 2.75) is 6.42 Å². The molecule has 0 saturated heterocycles. The van der Waals surface area contributed by atoms with Gasteiger partial charge in [-0.15, -0.1) is 0 Å². The van der Waals surface area contributed by atoms with E-state index in [4.69, 9.17) is 0 Å². The Balaban J connectivity index is 2.06. The Morgan fingerprint density at radius 1 is 0.944 bits per heavy atom. The lowest BCUT2D eigenvalue weighted by Gasteiger charge is -1.97. The van der Waals surface area contributed by atoms with Crippen molar-refractivity contribution in [3.05, 3.63) is 75.5 Å². The number of H-pyrrole nitrogens is 1. The SMILES string of the molecule is O=c1[nH+]c(Cc2ccccc2)sc2ccccc12. The molecule has 1 aromatic heterocycles. The highest BCUT2D eigenvalue weighted by Gasteiger charge is 2.10. The number of fused-ring (bicyclic) bond motifs is 1. The van der Waals surface area contributed by atoms with Crippen molar-refractivity contribution in [2.24, 2.45) is 0 Å². The molecule has 0 aliphatic carbocycles. The first kappa shape index (κ1) is 11.1. The quantitative estimate of drug-likeness (QED) is 0.691. The topological polar surface area (TPSA) is 31.2 Å². The van der Waals surface area contributed by atoms with Crippen LogP contribution in [0.1, 0.15) is 10.6 Å². The van der Waals surface area contributed by atoms with Crippen LogP contribution in [0.4, 0.5) is 0 Å². The van der Waals surface area contributed by atoms with E-state index in [9.17, 15) is 4.79 Å². The van der Waals surface area contributed by atoms with Crippen LogP contribution in [-0.2, 0) is 6.42 Å². The molecule has 1 N–H and O–H groups in total. The molecule has 3 heteroatoms. The Labute approximate surface area is 109 Å². The van der Waals surface area contributed by atoms with E-state index in [1.165, 1.54) is 5.56 Å². The summed E-state index contributed by atoms with van der Waals surface area (Å²) in [7, 11) is 0. The molecular weight excluding hydrogens is 242 g/mol. The standard InChI is InChI=1S/C15H11NOS/c17-15-12-8-4-5-9-13(12)18-14(16-15)10-11-6-2-1-3-7-11/h1-9H,10H2/p+1.